The van der Waals surface area contributed by atoms with Crippen LogP contribution in [0.15, 0.2) is 54.1 Å². The Hall–Kier alpha value is -3.46. The molecule has 0 saturated carbocycles. The van der Waals surface area contributed by atoms with E-state index in [-0.39, 0.29) is 50.1 Å². The van der Waals surface area contributed by atoms with Gasteiger partial charge >= 0.3 is 0 Å². The van der Waals surface area contributed by atoms with Gasteiger partial charge < -0.3 is 39.6 Å². The minimum atomic E-state index is -1.23. The van der Waals surface area contributed by atoms with Crippen LogP contribution in [0.3, 0.4) is 0 Å². The predicted molar refractivity (Wildman–Crippen MR) is 168 cm³/mol. The molecule has 12 heteroatoms. The van der Waals surface area contributed by atoms with Crippen molar-refractivity contribution in [3.63, 3.8) is 0 Å². The molecule has 1 aromatic heterocycles. The van der Waals surface area contributed by atoms with E-state index in [1.165, 1.54) is 19.3 Å². The lowest BCUT2D eigenvalue weighted by atomic mass is 9.88. The van der Waals surface area contributed by atoms with Gasteiger partial charge in [0.2, 0.25) is 11.8 Å². The number of hydrogen-bond acceptors (Lipinski definition) is 8. The van der Waals surface area contributed by atoms with Crippen molar-refractivity contribution in [2.24, 2.45) is 0 Å². The highest BCUT2D eigenvalue weighted by molar-refractivity contribution is 14.1. The molecule has 43 heavy (non-hydrogen) atoms. The van der Waals surface area contributed by atoms with Crippen molar-refractivity contribution >= 4 is 51.6 Å². The monoisotopic (exact) mass is 705 g/mol. The van der Waals surface area contributed by atoms with E-state index in [2.05, 4.69) is 10.3 Å². The molecule has 0 unspecified atom stereocenters. The SMILES string of the molecule is CCOCC(=O)N(CCc1cc2ccccc2[nH]1)[C@@H]1CC(C(=O)NCCO)=C[C@H](Oc2c(I)cc(C=O)cc2OC)[C@H]1O. The number of aliphatic hydroxyl groups is 2. The van der Waals surface area contributed by atoms with E-state index in [1.807, 2.05) is 52.9 Å². The lowest BCUT2D eigenvalue weighted by Crippen LogP contribution is -2.56. The maximum absolute atomic E-state index is 13.5. The summed E-state index contributed by atoms with van der Waals surface area (Å²) in [4.78, 5) is 42.9. The van der Waals surface area contributed by atoms with Gasteiger partial charge in [0.15, 0.2) is 11.5 Å². The highest BCUT2D eigenvalue weighted by Gasteiger charge is 2.41. The number of nitrogens with one attached hydrogen (secondary N) is 2. The lowest BCUT2D eigenvalue weighted by Gasteiger charge is -2.40. The van der Waals surface area contributed by atoms with Crippen LogP contribution in [-0.2, 0) is 20.7 Å². The number of H-pyrrole nitrogens is 1. The number of aromatic nitrogens is 1. The number of aldehydes is 1. The summed E-state index contributed by atoms with van der Waals surface area (Å²) in [5.74, 6) is -0.202. The van der Waals surface area contributed by atoms with Crippen molar-refractivity contribution in [3.05, 3.63) is 68.9 Å². The summed E-state index contributed by atoms with van der Waals surface area (Å²) in [6.45, 7) is 1.98. The van der Waals surface area contributed by atoms with Gasteiger partial charge in [0.05, 0.1) is 23.3 Å². The van der Waals surface area contributed by atoms with Gasteiger partial charge in [0.25, 0.3) is 0 Å². The number of amides is 2. The van der Waals surface area contributed by atoms with Crippen LogP contribution in [0.5, 0.6) is 11.5 Å². The van der Waals surface area contributed by atoms with Crippen LogP contribution in [0, 0.1) is 3.57 Å². The molecule has 230 valence electrons. The Bertz CT molecular complexity index is 1440. The number of ether oxygens (including phenoxy) is 3. The Kier molecular flexibility index (Phi) is 11.6. The normalized spacial score (nSPS) is 18.2. The summed E-state index contributed by atoms with van der Waals surface area (Å²) < 4.78 is 17.7. The van der Waals surface area contributed by atoms with Crippen LogP contribution in [0.1, 0.15) is 29.4 Å². The smallest absolute Gasteiger partial charge is 0.248 e. The van der Waals surface area contributed by atoms with E-state index < -0.39 is 24.2 Å². The molecule has 4 N–H and O–H groups in total. The molecule has 0 bridgehead atoms. The van der Waals surface area contributed by atoms with Crippen LogP contribution in [-0.4, -0.2) is 96.5 Å². The maximum Gasteiger partial charge on any atom is 0.248 e. The number of carbonyl (C=O) groups excluding carboxylic acids is 3. The molecule has 1 aliphatic carbocycles. The number of nitrogens with zero attached hydrogens (tertiary/aromatic N) is 1. The zero-order valence-corrected chi connectivity index (χ0v) is 26.2. The van der Waals surface area contributed by atoms with Crippen molar-refractivity contribution in [1.29, 1.82) is 0 Å². The predicted octanol–water partition coefficient (Wildman–Crippen LogP) is 2.62. The number of hydrogen-bond donors (Lipinski definition) is 4. The molecule has 1 heterocycles. The van der Waals surface area contributed by atoms with Gasteiger partial charge in [-0.25, -0.2) is 0 Å². The Labute approximate surface area is 263 Å². The molecule has 11 nitrogen and oxygen atoms in total. The fourth-order valence-electron chi connectivity index (χ4n) is 5.09. The molecular formula is C31H36IN3O8. The minimum Gasteiger partial charge on any atom is -0.493 e. The van der Waals surface area contributed by atoms with Crippen molar-refractivity contribution in [1.82, 2.24) is 15.2 Å². The third kappa shape index (κ3) is 7.93. The van der Waals surface area contributed by atoms with Gasteiger partial charge in [-0.15, -0.1) is 0 Å². The summed E-state index contributed by atoms with van der Waals surface area (Å²) in [5, 5.41) is 24.6. The van der Waals surface area contributed by atoms with Crippen molar-refractivity contribution < 1.29 is 38.8 Å². The number of benzene rings is 2. The van der Waals surface area contributed by atoms with Gasteiger partial charge in [-0.1, -0.05) is 18.2 Å². The largest absolute Gasteiger partial charge is 0.493 e. The topological polar surface area (TPSA) is 150 Å². The second-order valence-corrected chi connectivity index (χ2v) is 11.2. The highest BCUT2D eigenvalue weighted by atomic mass is 127. The zero-order valence-electron chi connectivity index (χ0n) is 24.0. The summed E-state index contributed by atoms with van der Waals surface area (Å²) >= 11 is 2.01. The quantitative estimate of drug-likeness (QED) is 0.148. The molecule has 2 aromatic carbocycles. The first-order valence-electron chi connectivity index (χ1n) is 14.0. The van der Waals surface area contributed by atoms with E-state index in [0.717, 1.165) is 16.6 Å². The number of para-hydroxylation sites is 1. The zero-order chi connectivity index (χ0) is 30.9. The fourth-order valence-corrected chi connectivity index (χ4v) is 5.85. The van der Waals surface area contributed by atoms with Crippen LogP contribution in [0.25, 0.3) is 10.9 Å². The molecule has 2 amide bonds. The third-order valence-electron chi connectivity index (χ3n) is 7.21. The van der Waals surface area contributed by atoms with Gasteiger partial charge in [-0.2, -0.15) is 0 Å². The number of fused-ring (bicyclic) bond motifs is 1. The van der Waals surface area contributed by atoms with Crippen molar-refractivity contribution in [2.45, 2.75) is 38.0 Å². The number of methoxy groups -OCH3 is 1. The summed E-state index contributed by atoms with van der Waals surface area (Å²) in [6.07, 6.45) is 0.470. The standard InChI is InChI=1S/C31H36IN3O8/c1-3-42-18-28(38)35(10-8-22-14-20-6-4-5-7-24(20)34-22)25-15-21(31(40)33-9-11-36)16-26(29(25)39)43-30-23(32)12-19(17-37)13-27(30)41-2/h4-7,12-14,16-17,25-26,29,34,36,39H,3,8-11,15,18H2,1-2H3,(H,33,40)/t25-,26+,29+/m1/s1. The van der Waals surface area contributed by atoms with Gasteiger partial charge in [0.1, 0.15) is 25.1 Å². The Morgan fingerprint density at radius 2 is 2.02 bits per heavy atom. The van der Waals surface area contributed by atoms with Gasteiger partial charge in [0, 0.05) is 54.9 Å². The molecular weight excluding hydrogens is 669 g/mol. The van der Waals surface area contributed by atoms with E-state index >= 15 is 0 Å². The molecule has 0 saturated heterocycles. The lowest BCUT2D eigenvalue weighted by molar-refractivity contribution is -0.143. The molecule has 0 aliphatic heterocycles. The highest BCUT2D eigenvalue weighted by Crippen LogP contribution is 2.37. The summed E-state index contributed by atoms with van der Waals surface area (Å²) in [5.41, 5.74) is 2.58. The van der Waals surface area contributed by atoms with Crippen LogP contribution in [0.4, 0.5) is 0 Å². The van der Waals surface area contributed by atoms with Crippen LogP contribution in [0.2, 0.25) is 0 Å². The number of carbonyl (C=O) groups is 3. The summed E-state index contributed by atoms with van der Waals surface area (Å²) in [7, 11) is 1.44. The number of halogens is 1. The van der Waals surface area contributed by atoms with Crippen LogP contribution >= 0.6 is 22.6 Å². The van der Waals surface area contributed by atoms with Gasteiger partial charge in [-0.3, -0.25) is 14.4 Å². The second kappa shape index (κ2) is 15.3. The summed E-state index contributed by atoms with van der Waals surface area (Å²) in [6, 6.07) is 12.2. The molecule has 0 fully saturated rings. The number of aliphatic hydroxyl groups excluding tert-OH is 2. The van der Waals surface area contributed by atoms with Crippen molar-refractivity contribution in [3.8, 4) is 11.5 Å². The molecule has 0 radical (unpaired) electrons. The Morgan fingerprint density at radius 1 is 1.23 bits per heavy atom. The average Bonchev–Trinajstić information content (AvgIpc) is 3.44. The first-order chi connectivity index (χ1) is 20.8. The molecule has 3 aromatic rings. The van der Waals surface area contributed by atoms with E-state index in [4.69, 9.17) is 14.2 Å². The molecule has 3 atom stereocenters. The van der Waals surface area contributed by atoms with Crippen molar-refractivity contribution in [2.75, 3.05) is 40.0 Å². The van der Waals surface area contributed by atoms with E-state index in [0.29, 0.717) is 34.0 Å². The Morgan fingerprint density at radius 3 is 2.72 bits per heavy atom. The molecule has 1 aliphatic rings. The average molecular weight is 706 g/mol. The first kappa shape index (κ1) is 32.5. The fraction of sp³-hybridized carbons (Fsp3) is 0.387. The third-order valence-corrected chi connectivity index (χ3v) is 8.02. The van der Waals surface area contributed by atoms with Gasteiger partial charge in [-0.05, 0) is 65.2 Å². The maximum atomic E-state index is 13.5. The number of rotatable bonds is 14. The second-order valence-electron chi connectivity index (χ2n) is 10.0. The Balaban J connectivity index is 1.68. The molecule has 0 spiro atoms. The molecule has 4 rings (SSSR count). The van der Waals surface area contributed by atoms with Crippen LogP contribution < -0.4 is 14.8 Å². The first-order valence-corrected chi connectivity index (χ1v) is 15.1. The van der Waals surface area contributed by atoms with E-state index in [9.17, 15) is 24.6 Å². The minimum absolute atomic E-state index is 0.0428. The number of aromatic amines is 1. The van der Waals surface area contributed by atoms with E-state index in [1.54, 1.807) is 17.9 Å².